The van der Waals surface area contributed by atoms with Gasteiger partial charge in [-0.15, -0.1) is 5.10 Å². The van der Waals surface area contributed by atoms with E-state index in [4.69, 9.17) is 24.3 Å². The predicted molar refractivity (Wildman–Crippen MR) is 112 cm³/mol. The first-order valence-corrected chi connectivity index (χ1v) is 10.2. The zero-order chi connectivity index (χ0) is 20.9. The number of carbonyl (C=O) groups excluding carboxylic acids is 1. The lowest BCUT2D eigenvalue weighted by Gasteiger charge is -2.32. The number of ketones is 1. The van der Waals surface area contributed by atoms with Gasteiger partial charge in [0.25, 0.3) is 0 Å². The van der Waals surface area contributed by atoms with E-state index in [-0.39, 0.29) is 18.6 Å². The van der Waals surface area contributed by atoms with Gasteiger partial charge in [0.2, 0.25) is 12.7 Å². The Kier molecular flexibility index (Phi) is 3.99. The molecule has 0 amide bonds. The van der Waals surface area contributed by atoms with E-state index in [1.165, 1.54) is 0 Å². The van der Waals surface area contributed by atoms with Crippen molar-refractivity contribution in [3.05, 3.63) is 59.3 Å². The summed E-state index contributed by atoms with van der Waals surface area (Å²) in [6, 6.07) is 13.0. The highest BCUT2D eigenvalue weighted by molar-refractivity contribution is 5.99. The van der Waals surface area contributed by atoms with Crippen molar-refractivity contribution in [3.63, 3.8) is 0 Å². The molecule has 8 nitrogen and oxygen atoms in total. The summed E-state index contributed by atoms with van der Waals surface area (Å²) in [4.78, 5) is 17.7. The molecule has 1 aromatic heterocycles. The van der Waals surface area contributed by atoms with E-state index in [1.54, 1.807) is 11.8 Å². The molecule has 2 aromatic carbocycles. The summed E-state index contributed by atoms with van der Waals surface area (Å²) in [5.74, 6) is 3.51. The zero-order valence-corrected chi connectivity index (χ0v) is 16.9. The number of fused-ring (bicyclic) bond motifs is 2. The van der Waals surface area contributed by atoms with Crippen LogP contribution in [0.5, 0.6) is 17.2 Å². The van der Waals surface area contributed by atoms with Crippen LogP contribution in [-0.2, 0) is 4.79 Å². The van der Waals surface area contributed by atoms with Crippen molar-refractivity contribution in [2.75, 3.05) is 19.2 Å². The van der Waals surface area contributed by atoms with Gasteiger partial charge in [0, 0.05) is 23.3 Å². The Labute approximate surface area is 178 Å². The number of methoxy groups -OCH3 is 1. The van der Waals surface area contributed by atoms with Crippen LogP contribution in [0, 0.1) is 0 Å². The first-order chi connectivity index (χ1) is 15.2. The number of nitrogens with zero attached hydrogens (tertiary/aromatic N) is 3. The van der Waals surface area contributed by atoms with Gasteiger partial charge in [0.1, 0.15) is 11.8 Å². The smallest absolute Gasteiger partial charge is 0.231 e. The maximum atomic E-state index is 13.0. The van der Waals surface area contributed by atoms with Crippen LogP contribution in [0.4, 0.5) is 5.95 Å². The molecule has 3 heterocycles. The van der Waals surface area contributed by atoms with Crippen LogP contribution in [0.15, 0.2) is 53.7 Å². The summed E-state index contributed by atoms with van der Waals surface area (Å²) in [6.07, 6.45) is 2.18. The molecule has 156 valence electrons. The number of aromatic nitrogens is 3. The SMILES string of the molecule is COc1ccc(-c2nc3n(n2)[C@H](c2ccc4c(c2)OCO4)C2=C(CCCC2=O)N3)cc1. The number of carbonyl (C=O) groups is 1. The Morgan fingerprint density at radius 1 is 1.10 bits per heavy atom. The zero-order valence-electron chi connectivity index (χ0n) is 16.9. The highest BCUT2D eigenvalue weighted by Gasteiger charge is 2.37. The van der Waals surface area contributed by atoms with Crippen LogP contribution >= 0.6 is 0 Å². The topological polar surface area (TPSA) is 87.5 Å². The molecular weight excluding hydrogens is 396 g/mol. The highest BCUT2D eigenvalue weighted by atomic mass is 16.7. The van der Waals surface area contributed by atoms with Gasteiger partial charge in [-0.25, -0.2) is 4.68 Å². The number of nitrogens with one attached hydrogen (secondary N) is 1. The predicted octanol–water partition coefficient (Wildman–Crippen LogP) is 3.70. The average Bonchev–Trinajstić information content (AvgIpc) is 3.44. The molecule has 1 atom stereocenters. The molecule has 1 aliphatic carbocycles. The van der Waals surface area contributed by atoms with E-state index < -0.39 is 0 Å². The van der Waals surface area contributed by atoms with Crippen molar-refractivity contribution in [3.8, 4) is 28.6 Å². The summed E-state index contributed by atoms with van der Waals surface area (Å²) in [7, 11) is 1.63. The van der Waals surface area contributed by atoms with Crippen LogP contribution in [0.1, 0.15) is 30.9 Å². The van der Waals surface area contributed by atoms with E-state index in [0.29, 0.717) is 29.7 Å². The summed E-state index contributed by atoms with van der Waals surface area (Å²) in [6.45, 7) is 0.202. The third-order valence-electron chi connectivity index (χ3n) is 5.93. The summed E-state index contributed by atoms with van der Waals surface area (Å²) in [5, 5.41) is 8.16. The molecule has 0 unspecified atom stereocenters. The van der Waals surface area contributed by atoms with Crippen LogP contribution in [0.25, 0.3) is 11.4 Å². The second-order valence-corrected chi connectivity index (χ2v) is 7.74. The minimum atomic E-state index is -0.368. The molecule has 0 spiro atoms. The lowest BCUT2D eigenvalue weighted by atomic mass is 9.85. The number of benzene rings is 2. The molecule has 0 saturated carbocycles. The molecule has 6 rings (SSSR count). The van der Waals surface area contributed by atoms with Crippen molar-refractivity contribution in [2.45, 2.75) is 25.3 Å². The van der Waals surface area contributed by atoms with Crippen molar-refractivity contribution in [2.24, 2.45) is 0 Å². The van der Waals surface area contributed by atoms with Gasteiger partial charge in [-0.1, -0.05) is 6.07 Å². The van der Waals surface area contributed by atoms with E-state index >= 15 is 0 Å². The van der Waals surface area contributed by atoms with E-state index in [0.717, 1.165) is 41.0 Å². The number of Topliss-reactive ketones (excluding diaryl/α,β-unsaturated/α-hetero) is 1. The van der Waals surface area contributed by atoms with E-state index in [9.17, 15) is 4.79 Å². The second-order valence-electron chi connectivity index (χ2n) is 7.74. The first kappa shape index (κ1) is 18.0. The number of hydrogen-bond acceptors (Lipinski definition) is 7. The maximum Gasteiger partial charge on any atom is 0.231 e. The Hall–Kier alpha value is -3.81. The molecule has 0 fully saturated rings. The van der Waals surface area contributed by atoms with E-state index in [1.807, 2.05) is 42.5 Å². The third-order valence-corrected chi connectivity index (χ3v) is 5.93. The monoisotopic (exact) mass is 416 g/mol. The maximum absolute atomic E-state index is 13.0. The van der Waals surface area contributed by atoms with Crippen LogP contribution < -0.4 is 19.5 Å². The quantitative estimate of drug-likeness (QED) is 0.696. The summed E-state index contributed by atoms with van der Waals surface area (Å²) in [5.41, 5.74) is 3.48. The Bertz CT molecular complexity index is 1230. The van der Waals surface area contributed by atoms with Crippen LogP contribution in [-0.4, -0.2) is 34.5 Å². The number of hydrogen-bond donors (Lipinski definition) is 1. The minimum Gasteiger partial charge on any atom is -0.497 e. The normalized spacial score (nSPS) is 19.0. The Morgan fingerprint density at radius 2 is 1.94 bits per heavy atom. The molecule has 0 bridgehead atoms. The Morgan fingerprint density at radius 3 is 2.77 bits per heavy atom. The molecule has 2 aliphatic heterocycles. The molecule has 0 saturated heterocycles. The van der Waals surface area contributed by atoms with Gasteiger partial charge >= 0.3 is 0 Å². The van der Waals surface area contributed by atoms with Crippen molar-refractivity contribution >= 4 is 11.7 Å². The fraction of sp³-hybridized carbons (Fsp3) is 0.261. The molecule has 0 radical (unpaired) electrons. The number of ether oxygens (including phenoxy) is 3. The number of allylic oxidation sites excluding steroid dienone is 2. The van der Waals surface area contributed by atoms with Crippen molar-refractivity contribution in [1.29, 1.82) is 0 Å². The van der Waals surface area contributed by atoms with Gasteiger partial charge in [-0.05, 0) is 54.8 Å². The van der Waals surface area contributed by atoms with Crippen molar-refractivity contribution < 1.29 is 19.0 Å². The lowest BCUT2D eigenvalue weighted by Crippen LogP contribution is -2.31. The van der Waals surface area contributed by atoms with Crippen LogP contribution in [0.2, 0.25) is 0 Å². The number of anilines is 1. The van der Waals surface area contributed by atoms with Crippen molar-refractivity contribution in [1.82, 2.24) is 14.8 Å². The summed E-state index contributed by atoms with van der Waals surface area (Å²) >= 11 is 0. The van der Waals surface area contributed by atoms with E-state index in [2.05, 4.69) is 5.32 Å². The molecular formula is C23H20N4O4. The summed E-state index contributed by atoms with van der Waals surface area (Å²) < 4.78 is 18.1. The van der Waals surface area contributed by atoms with Gasteiger partial charge in [0.15, 0.2) is 23.1 Å². The molecule has 8 heteroatoms. The van der Waals surface area contributed by atoms with Gasteiger partial charge < -0.3 is 19.5 Å². The number of rotatable bonds is 3. The van der Waals surface area contributed by atoms with Crippen LogP contribution in [0.3, 0.4) is 0 Å². The Balaban J connectivity index is 1.49. The standard InChI is InChI=1S/C23H20N4O4/c1-29-15-8-5-13(6-9-15)22-25-23-24-16-3-2-4-17(28)20(16)21(27(23)26-22)14-7-10-18-19(11-14)31-12-30-18/h5-11,21H,2-4,12H2,1H3,(H,24,25,26)/t21-/m1/s1. The fourth-order valence-electron chi connectivity index (χ4n) is 4.41. The third kappa shape index (κ3) is 2.86. The second kappa shape index (κ2) is 6.87. The first-order valence-electron chi connectivity index (χ1n) is 10.2. The largest absolute Gasteiger partial charge is 0.497 e. The fourth-order valence-corrected chi connectivity index (χ4v) is 4.41. The molecule has 3 aliphatic rings. The average molecular weight is 416 g/mol. The highest BCUT2D eigenvalue weighted by Crippen LogP contribution is 2.43. The molecule has 1 N–H and O–H groups in total. The van der Waals surface area contributed by atoms with Gasteiger partial charge in [0.05, 0.1) is 7.11 Å². The molecule has 3 aromatic rings. The lowest BCUT2D eigenvalue weighted by molar-refractivity contribution is -0.116. The van der Waals surface area contributed by atoms with Gasteiger partial charge in [-0.3, -0.25) is 4.79 Å². The minimum absolute atomic E-state index is 0.142. The van der Waals surface area contributed by atoms with Gasteiger partial charge in [-0.2, -0.15) is 4.98 Å². The molecule has 31 heavy (non-hydrogen) atoms.